The molecule has 90 valence electrons. The summed E-state index contributed by atoms with van der Waals surface area (Å²) in [4.78, 5) is 0. The summed E-state index contributed by atoms with van der Waals surface area (Å²) in [6.07, 6.45) is 3.28. The Balaban J connectivity index is 2.59. The molecule has 16 heavy (non-hydrogen) atoms. The van der Waals surface area contributed by atoms with E-state index in [1.807, 2.05) is 12.1 Å². The predicted octanol–water partition coefficient (Wildman–Crippen LogP) is 4.82. The molecular formula is C13H19Cl2N. The third-order valence-electron chi connectivity index (χ3n) is 2.68. The molecule has 1 aromatic carbocycles. The molecule has 0 fully saturated rings. The van der Waals surface area contributed by atoms with Crippen LogP contribution in [-0.2, 0) is 0 Å². The molecule has 0 heterocycles. The van der Waals surface area contributed by atoms with Gasteiger partial charge in [-0.15, -0.1) is 0 Å². The lowest BCUT2D eigenvalue weighted by Gasteiger charge is -2.15. The van der Waals surface area contributed by atoms with Crippen molar-refractivity contribution in [3.05, 3.63) is 33.8 Å². The van der Waals surface area contributed by atoms with Crippen molar-refractivity contribution in [1.82, 2.24) is 0 Å². The van der Waals surface area contributed by atoms with Crippen LogP contribution in [0.15, 0.2) is 18.2 Å². The Morgan fingerprint density at radius 1 is 1.19 bits per heavy atom. The zero-order chi connectivity index (χ0) is 12.1. The first kappa shape index (κ1) is 13.8. The third-order valence-corrected chi connectivity index (χ3v) is 3.51. The van der Waals surface area contributed by atoms with Gasteiger partial charge in [0.05, 0.1) is 10.0 Å². The Kier molecular flexibility index (Phi) is 5.60. The fourth-order valence-electron chi connectivity index (χ4n) is 1.71. The number of hydrogen-bond acceptors (Lipinski definition) is 1. The van der Waals surface area contributed by atoms with Crippen LogP contribution >= 0.6 is 23.2 Å². The quantitative estimate of drug-likeness (QED) is 0.807. The van der Waals surface area contributed by atoms with E-state index in [2.05, 4.69) is 13.8 Å². The van der Waals surface area contributed by atoms with Crippen molar-refractivity contribution in [2.45, 2.75) is 39.2 Å². The Morgan fingerprint density at radius 3 is 2.50 bits per heavy atom. The Morgan fingerprint density at radius 2 is 1.88 bits per heavy atom. The fraction of sp³-hybridized carbons (Fsp3) is 0.538. The lowest BCUT2D eigenvalue weighted by atomic mass is 9.99. The van der Waals surface area contributed by atoms with Crippen LogP contribution in [0.1, 0.15) is 44.7 Å². The number of rotatable bonds is 5. The summed E-state index contributed by atoms with van der Waals surface area (Å²) in [5.74, 6) is 0.724. The molecule has 0 spiro atoms. The molecule has 1 unspecified atom stereocenters. The molecule has 0 amide bonds. The molecule has 0 saturated heterocycles. The largest absolute Gasteiger partial charge is 0.324 e. The smallest absolute Gasteiger partial charge is 0.0639 e. The maximum absolute atomic E-state index is 6.12. The van der Waals surface area contributed by atoms with Gasteiger partial charge in [-0.1, -0.05) is 62.0 Å². The SMILES string of the molecule is CC(C)CCCC(N)c1cccc(Cl)c1Cl. The summed E-state index contributed by atoms with van der Waals surface area (Å²) in [5.41, 5.74) is 7.06. The van der Waals surface area contributed by atoms with Crippen LogP contribution in [0.4, 0.5) is 0 Å². The highest BCUT2D eigenvalue weighted by atomic mass is 35.5. The summed E-state index contributed by atoms with van der Waals surface area (Å²) in [5, 5.41) is 1.18. The summed E-state index contributed by atoms with van der Waals surface area (Å²) < 4.78 is 0. The molecule has 0 aliphatic heterocycles. The topological polar surface area (TPSA) is 26.0 Å². The van der Waals surface area contributed by atoms with E-state index in [-0.39, 0.29) is 6.04 Å². The molecule has 1 rings (SSSR count). The summed E-state index contributed by atoms with van der Waals surface area (Å²) in [6, 6.07) is 5.62. The van der Waals surface area contributed by atoms with Gasteiger partial charge in [-0.2, -0.15) is 0 Å². The van der Waals surface area contributed by atoms with Crippen molar-refractivity contribution in [3.8, 4) is 0 Å². The summed E-state index contributed by atoms with van der Waals surface area (Å²) in [6.45, 7) is 4.44. The highest BCUT2D eigenvalue weighted by Gasteiger charge is 2.12. The molecule has 0 aliphatic rings. The van der Waals surface area contributed by atoms with Gasteiger partial charge < -0.3 is 5.73 Å². The van der Waals surface area contributed by atoms with Crippen molar-refractivity contribution in [3.63, 3.8) is 0 Å². The highest BCUT2D eigenvalue weighted by molar-refractivity contribution is 6.42. The van der Waals surface area contributed by atoms with Crippen molar-refractivity contribution >= 4 is 23.2 Å². The Hall–Kier alpha value is -0.240. The minimum atomic E-state index is -0.00931. The van der Waals surface area contributed by atoms with Crippen LogP contribution in [0.25, 0.3) is 0 Å². The van der Waals surface area contributed by atoms with Crippen molar-refractivity contribution in [1.29, 1.82) is 0 Å². The molecule has 0 aromatic heterocycles. The number of hydrogen-bond donors (Lipinski definition) is 1. The normalized spacial score (nSPS) is 13.1. The average molecular weight is 260 g/mol. The zero-order valence-electron chi connectivity index (χ0n) is 9.84. The summed E-state index contributed by atoms with van der Waals surface area (Å²) in [7, 11) is 0. The van der Waals surface area contributed by atoms with Gasteiger partial charge in [0, 0.05) is 6.04 Å². The first-order valence-corrected chi connectivity index (χ1v) is 6.47. The van der Waals surface area contributed by atoms with E-state index in [1.165, 1.54) is 6.42 Å². The molecule has 2 N–H and O–H groups in total. The van der Waals surface area contributed by atoms with Crippen LogP contribution in [-0.4, -0.2) is 0 Å². The molecule has 0 aliphatic carbocycles. The van der Waals surface area contributed by atoms with E-state index >= 15 is 0 Å². The van der Waals surface area contributed by atoms with E-state index in [1.54, 1.807) is 6.07 Å². The molecule has 3 heteroatoms. The van der Waals surface area contributed by atoms with Crippen molar-refractivity contribution < 1.29 is 0 Å². The maximum Gasteiger partial charge on any atom is 0.0639 e. The van der Waals surface area contributed by atoms with Crippen molar-refractivity contribution in [2.24, 2.45) is 11.7 Å². The van der Waals surface area contributed by atoms with Gasteiger partial charge in [0.1, 0.15) is 0 Å². The molecule has 0 saturated carbocycles. The van der Waals surface area contributed by atoms with E-state index < -0.39 is 0 Å². The second-order valence-electron chi connectivity index (χ2n) is 4.57. The van der Waals surface area contributed by atoms with E-state index in [4.69, 9.17) is 28.9 Å². The third kappa shape index (κ3) is 3.97. The summed E-state index contributed by atoms with van der Waals surface area (Å²) >= 11 is 12.1. The number of benzene rings is 1. The van der Waals surface area contributed by atoms with Gasteiger partial charge in [-0.05, 0) is 24.0 Å². The Bertz CT molecular complexity index is 337. The average Bonchev–Trinajstić information content (AvgIpc) is 2.21. The Labute approximate surface area is 108 Å². The van der Waals surface area contributed by atoms with Gasteiger partial charge in [-0.25, -0.2) is 0 Å². The van der Waals surface area contributed by atoms with Gasteiger partial charge in [0.25, 0.3) is 0 Å². The maximum atomic E-state index is 6.12. The lowest BCUT2D eigenvalue weighted by molar-refractivity contribution is 0.505. The van der Waals surface area contributed by atoms with Crippen LogP contribution < -0.4 is 5.73 Å². The van der Waals surface area contributed by atoms with Gasteiger partial charge in [0.15, 0.2) is 0 Å². The van der Waals surface area contributed by atoms with E-state index in [0.717, 1.165) is 24.3 Å². The number of halogens is 2. The van der Waals surface area contributed by atoms with Crippen LogP contribution in [0.3, 0.4) is 0 Å². The number of nitrogens with two attached hydrogens (primary N) is 1. The first-order valence-electron chi connectivity index (χ1n) is 5.72. The van der Waals surface area contributed by atoms with Crippen LogP contribution in [0, 0.1) is 5.92 Å². The molecular weight excluding hydrogens is 241 g/mol. The molecule has 1 nitrogen and oxygen atoms in total. The molecule has 0 bridgehead atoms. The molecule has 1 aromatic rings. The predicted molar refractivity (Wildman–Crippen MR) is 72.1 cm³/mol. The van der Waals surface area contributed by atoms with Crippen molar-refractivity contribution in [2.75, 3.05) is 0 Å². The van der Waals surface area contributed by atoms with Gasteiger partial charge in [-0.3, -0.25) is 0 Å². The standard InChI is InChI=1S/C13H19Cl2N/c1-9(2)5-3-8-12(16)10-6-4-7-11(14)13(10)15/h4,6-7,9,12H,3,5,8,16H2,1-2H3. The zero-order valence-corrected chi connectivity index (χ0v) is 11.4. The van der Waals surface area contributed by atoms with E-state index in [9.17, 15) is 0 Å². The van der Waals surface area contributed by atoms with Crippen LogP contribution in [0.5, 0.6) is 0 Å². The molecule has 0 radical (unpaired) electrons. The second-order valence-corrected chi connectivity index (χ2v) is 5.36. The van der Waals surface area contributed by atoms with Gasteiger partial charge >= 0.3 is 0 Å². The minimum Gasteiger partial charge on any atom is -0.324 e. The lowest BCUT2D eigenvalue weighted by Crippen LogP contribution is -2.11. The highest BCUT2D eigenvalue weighted by Crippen LogP contribution is 2.31. The second kappa shape index (κ2) is 6.48. The molecule has 1 atom stereocenters. The minimum absolute atomic E-state index is 0.00931. The monoisotopic (exact) mass is 259 g/mol. The van der Waals surface area contributed by atoms with Gasteiger partial charge in [0.2, 0.25) is 0 Å². The fourth-order valence-corrected chi connectivity index (χ4v) is 2.16. The van der Waals surface area contributed by atoms with E-state index in [0.29, 0.717) is 10.0 Å². The van der Waals surface area contributed by atoms with Crippen LogP contribution in [0.2, 0.25) is 10.0 Å². The first-order chi connectivity index (χ1) is 7.52.